The Kier molecular flexibility index (Phi) is 2.52. The average Bonchev–Trinajstić information content (AvgIpc) is 2.75. The number of fused-ring (bicyclic) bond motifs is 1. The van der Waals surface area contributed by atoms with Gasteiger partial charge in [-0.05, 0) is 6.07 Å². The van der Waals surface area contributed by atoms with Crippen LogP contribution in [0.1, 0.15) is 5.56 Å². The number of nitrogens with two attached hydrogens (primary N) is 1. The van der Waals surface area contributed by atoms with Crippen LogP contribution in [0, 0.1) is 5.82 Å². The molecule has 2 aromatic heterocycles. The summed E-state index contributed by atoms with van der Waals surface area (Å²) in [6.07, 6.45) is 1.44. The molecule has 3 N–H and O–H groups in total. The van der Waals surface area contributed by atoms with Gasteiger partial charge in [-0.1, -0.05) is 18.2 Å². The highest BCUT2D eigenvalue weighted by atomic mass is 19.1. The van der Waals surface area contributed by atoms with Gasteiger partial charge in [-0.3, -0.25) is 9.78 Å². The Labute approximate surface area is 106 Å². The molecule has 2 heterocycles. The molecule has 3 aromatic rings. The van der Waals surface area contributed by atoms with E-state index in [4.69, 9.17) is 5.73 Å². The third kappa shape index (κ3) is 1.95. The number of halogens is 1. The minimum absolute atomic E-state index is 0.00800. The van der Waals surface area contributed by atoms with Crippen LogP contribution in [0.2, 0.25) is 0 Å². The Morgan fingerprint density at radius 3 is 2.95 bits per heavy atom. The predicted octanol–water partition coefficient (Wildman–Crippen LogP) is 0.889. The summed E-state index contributed by atoms with van der Waals surface area (Å²) in [5, 5.41) is 0. The Morgan fingerprint density at radius 1 is 1.37 bits per heavy atom. The molecule has 0 saturated carbocycles. The van der Waals surface area contributed by atoms with Crippen LogP contribution in [0.15, 0.2) is 35.4 Å². The number of anilines is 1. The third-order valence-electron chi connectivity index (χ3n) is 2.80. The molecule has 0 aliphatic carbocycles. The minimum Gasteiger partial charge on any atom is -0.369 e. The van der Waals surface area contributed by atoms with E-state index < -0.39 is 5.56 Å². The summed E-state index contributed by atoms with van der Waals surface area (Å²) < 4.78 is 15.1. The van der Waals surface area contributed by atoms with Crippen LogP contribution >= 0.6 is 0 Å². The van der Waals surface area contributed by atoms with E-state index in [9.17, 15) is 9.18 Å². The summed E-state index contributed by atoms with van der Waals surface area (Å²) in [4.78, 5) is 22.1. The number of H-pyrrole nitrogens is 1. The fourth-order valence-electron chi connectivity index (χ4n) is 1.93. The summed E-state index contributed by atoms with van der Waals surface area (Å²) in [7, 11) is 0. The van der Waals surface area contributed by atoms with E-state index in [0.29, 0.717) is 5.56 Å². The summed E-state index contributed by atoms with van der Waals surface area (Å²) >= 11 is 0. The van der Waals surface area contributed by atoms with E-state index in [1.165, 1.54) is 12.4 Å². The molecular formula is C12H10FN5O. The molecule has 0 aliphatic heterocycles. The number of nitrogen functional groups attached to an aromatic ring is 1. The zero-order valence-electron chi connectivity index (χ0n) is 9.80. The highest BCUT2D eigenvalue weighted by molar-refractivity contribution is 5.70. The van der Waals surface area contributed by atoms with Crippen molar-refractivity contribution in [3.8, 4) is 0 Å². The first-order chi connectivity index (χ1) is 9.15. The number of hydrogen-bond acceptors (Lipinski definition) is 4. The van der Waals surface area contributed by atoms with E-state index in [-0.39, 0.29) is 29.5 Å². The normalized spacial score (nSPS) is 11.0. The van der Waals surface area contributed by atoms with Crippen LogP contribution in [0.25, 0.3) is 11.2 Å². The number of aromatic nitrogens is 4. The van der Waals surface area contributed by atoms with Crippen LogP contribution < -0.4 is 11.3 Å². The lowest BCUT2D eigenvalue weighted by atomic mass is 10.2. The van der Waals surface area contributed by atoms with Gasteiger partial charge in [0, 0.05) is 5.56 Å². The van der Waals surface area contributed by atoms with Crippen molar-refractivity contribution < 1.29 is 4.39 Å². The van der Waals surface area contributed by atoms with Gasteiger partial charge in [0.05, 0.1) is 12.9 Å². The van der Waals surface area contributed by atoms with Crippen LogP contribution in [0.4, 0.5) is 10.3 Å². The summed E-state index contributed by atoms with van der Waals surface area (Å²) in [6.45, 7) is 0.206. The van der Waals surface area contributed by atoms with Gasteiger partial charge >= 0.3 is 0 Å². The van der Waals surface area contributed by atoms with Gasteiger partial charge in [-0.2, -0.15) is 4.98 Å². The molecule has 6 nitrogen and oxygen atoms in total. The molecule has 1 aromatic carbocycles. The van der Waals surface area contributed by atoms with E-state index >= 15 is 0 Å². The van der Waals surface area contributed by atoms with Gasteiger partial charge in [0.25, 0.3) is 5.56 Å². The van der Waals surface area contributed by atoms with Crippen molar-refractivity contribution in [3.05, 3.63) is 52.3 Å². The highest BCUT2D eigenvalue weighted by Gasteiger charge is 2.11. The Balaban J connectivity index is 2.12. The summed E-state index contributed by atoms with van der Waals surface area (Å²) in [5.74, 6) is -0.321. The topological polar surface area (TPSA) is 89.6 Å². The van der Waals surface area contributed by atoms with Crippen LogP contribution in [0.3, 0.4) is 0 Å². The first-order valence-electron chi connectivity index (χ1n) is 5.59. The summed E-state index contributed by atoms with van der Waals surface area (Å²) in [5.41, 5.74) is 6.04. The fraction of sp³-hybridized carbons (Fsp3) is 0.0833. The second-order valence-corrected chi connectivity index (χ2v) is 4.09. The molecule has 0 saturated heterocycles. The SMILES string of the molecule is Nc1nc2ncn(Cc3ccccc3F)c2c(=O)[nH]1. The molecule has 0 bridgehead atoms. The molecule has 3 rings (SSSR count). The summed E-state index contributed by atoms with van der Waals surface area (Å²) in [6, 6.07) is 6.37. The van der Waals surface area contributed by atoms with Gasteiger partial charge in [0.15, 0.2) is 11.2 Å². The Hall–Kier alpha value is -2.70. The Morgan fingerprint density at radius 2 is 2.16 bits per heavy atom. The van der Waals surface area contributed by atoms with Gasteiger partial charge in [0.1, 0.15) is 5.82 Å². The van der Waals surface area contributed by atoms with Crippen molar-refractivity contribution in [1.82, 2.24) is 19.5 Å². The van der Waals surface area contributed by atoms with Crippen molar-refractivity contribution in [2.75, 3.05) is 5.73 Å². The van der Waals surface area contributed by atoms with E-state index in [1.54, 1.807) is 22.8 Å². The molecule has 7 heteroatoms. The zero-order chi connectivity index (χ0) is 13.4. The first-order valence-corrected chi connectivity index (χ1v) is 5.59. The molecule has 0 amide bonds. The van der Waals surface area contributed by atoms with E-state index in [0.717, 1.165) is 0 Å². The quantitative estimate of drug-likeness (QED) is 0.715. The maximum Gasteiger partial charge on any atom is 0.278 e. The lowest BCUT2D eigenvalue weighted by molar-refractivity contribution is 0.601. The van der Waals surface area contributed by atoms with Crippen molar-refractivity contribution in [2.45, 2.75) is 6.54 Å². The highest BCUT2D eigenvalue weighted by Crippen LogP contribution is 2.12. The van der Waals surface area contributed by atoms with Crippen LogP contribution in [0.5, 0.6) is 0 Å². The number of nitrogens with one attached hydrogen (secondary N) is 1. The molecule has 0 radical (unpaired) electrons. The number of benzene rings is 1. The van der Waals surface area contributed by atoms with Gasteiger partial charge in [-0.25, -0.2) is 9.37 Å². The lowest BCUT2D eigenvalue weighted by Gasteiger charge is -2.04. The smallest absolute Gasteiger partial charge is 0.278 e. The fourth-order valence-corrected chi connectivity index (χ4v) is 1.93. The standard InChI is InChI=1S/C12H10FN5O/c13-8-4-2-1-3-7(8)5-18-6-15-10-9(18)11(19)17-12(14)16-10/h1-4,6H,5H2,(H3,14,16,17,19). The second kappa shape index (κ2) is 4.20. The maximum absolute atomic E-state index is 13.6. The number of aromatic amines is 1. The van der Waals surface area contributed by atoms with Crippen LogP contribution in [-0.4, -0.2) is 19.5 Å². The van der Waals surface area contributed by atoms with Crippen LogP contribution in [-0.2, 0) is 6.54 Å². The predicted molar refractivity (Wildman–Crippen MR) is 68.1 cm³/mol. The zero-order valence-corrected chi connectivity index (χ0v) is 9.80. The molecule has 0 aliphatic rings. The molecule has 19 heavy (non-hydrogen) atoms. The molecular weight excluding hydrogens is 249 g/mol. The van der Waals surface area contributed by atoms with Crippen molar-refractivity contribution in [2.24, 2.45) is 0 Å². The monoisotopic (exact) mass is 259 g/mol. The van der Waals surface area contributed by atoms with Gasteiger partial charge in [-0.15, -0.1) is 0 Å². The van der Waals surface area contributed by atoms with Gasteiger partial charge in [0.2, 0.25) is 5.95 Å². The first kappa shape index (κ1) is 11.4. The van der Waals surface area contributed by atoms with E-state index in [1.807, 2.05) is 0 Å². The molecule has 96 valence electrons. The Bertz CT molecular complexity index is 807. The molecule has 0 unspecified atom stereocenters. The number of nitrogens with zero attached hydrogens (tertiary/aromatic N) is 3. The number of imidazole rings is 1. The maximum atomic E-state index is 13.6. The van der Waals surface area contributed by atoms with Gasteiger partial charge < -0.3 is 10.3 Å². The molecule has 0 fully saturated rings. The minimum atomic E-state index is -0.392. The second-order valence-electron chi connectivity index (χ2n) is 4.09. The molecule has 0 spiro atoms. The largest absolute Gasteiger partial charge is 0.369 e. The number of rotatable bonds is 2. The van der Waals surface area contributed by atoms with Crippen molar-refractivity contribution in [1.29, 1.82) is 0 Å². The van der Waals surface area contributed by atoms with Crippen molar-refractivity contribution in [3.63, 3.8) is 0 Å². The van der Waals surface area contributed by atoms with E-state index in [2.05, 4.69) is 15.0 Å². The molecule has 0 atom stereocenters. The lowest BCUT2D eigenvalue weighted by Crippen LogP contribution is -2.15. The third-order valence-corrected chi connectivity index (χ3v) is 2.80. The number of hydrogen-bond donors (Lipinski definition) is 2. The average molecular weight is 259 g/mol. The van der Waals surface area contributed by atoms with Crippen molar-refractivity contribution >= 4 is 17.1 Å².